The monoisotopic (exact) mass is 280 g/mol. The van der Waals surface area contributed by atoms with Crippen molar-refractivity contribution in [3.8, 4) is 0 Å². The summed E-state index contributed by atoms with van der Waals surface area (Å²) in [5.41, 5.74) is -0.400. The molecule has 0 aliphatic heterocycles. The Balaban J connectivity index is 2.45. The van der Waals surface area contributed by atoms with Crippen molar-refractivity contribution >= 4 is 17.4 Å². The molecule has 2 aromatic rings. The Hall–Kier alpha value is -1.71. The molecule has 0 radical (unpaired) electrons. The van der Waals surface area contributed by atoms with Crippen LogP contribution in [0, 0.1) is 6.92 Å². The van der Waals surface area contributed by atoms with Crippen LogP contribution in [0.5, 0.6) is 0 Å². The van der Waals surface area contributed by atoms with Gasteiger partial charge in [0.1, 0.15) is 0 Å². The summed E-state index contributed by atoms with van der Waals surface area (Å²) in [6.45, 7) is 1.60. The molecule has 0 aliphatic carbocycles. The van der Waals surface area contributed by atoms with Crippen molar-refractivity contribution in [2.75, 3.05) is 5.75 Å². The van der Waals surface area contributed by atoms with Gasteiger partial charge in [-0.25, -0.2) is 9.78 Å². The Labute approximate surface area is 102 Å². The molecule has 2 heterocycles. The average Bonchev–Trinajstić information content (AvgIpc) is 2.61. The first-order chi connectivity index (χ1) is 8.28. The quantitative estimate of drug-likeness (QED) is 0.658. The Morgan fingerprint density at radius 2 is 2.17 bits per heavy atom. The van der Waals surface area contributed by atoms with Gasteiger partial charge < -0.3 is 5.21 Å². The van der Waals surface area contributed by atoms with E-state index in [1.807, 2.05) is 0 Å². The second kappa shape index (κ2) is 4.19. The summed E-state index contributed by atoms with van der Waals surface area (Å²) in [6.07, 6.45) is -4.41. The summed E-state index contributed by atoms with van der Waals surface area (Å²) in [4.78, 5) is 15.3. The van der Waals surface area contributed by atoms with Gasteiger partial charge in [-0.2, -0.15) is 22.8 Å². The number of rotatable bonds is 2. The van der Waals surface area contributed by atoms with E-state index in [-0.39, 0.29) is 22.1 Å². The molecule has 0 spiro atoms. The van der Waals surface area contributed by atoms with Crippen molar-refractivity contribution in [1.29, 1.82) is 0 Å². The van der Waals surface area contributed by atoms with E-state index in [1.165, 1.54) is 6.07 Å². The van der Waals surface area contributed by atoms with Crippen LogP contribution in [0.1, 0.15) is 5.69 Å². The van der Waals surface area contributed by atoms with Crippen molar-refractivity contribution < 1.29 is 18.4 Å². The van der Waals surface area contributed by atoms with Crippen LogP contribution in [0.3, 0.4) is 0 Å². The van der Waals surface area contributed by atoms with Gasteiger partial charge in [-0.15, -0.1) is 4.73 Å². The number of aryl methyl sites for hydroxylation is 1. The first kappa shape index (κ1) is 12.7. The zero-order valence-corrected chi connectivity index (χ0v) is 9.79. The Bertz CT molecular complexity index is 648. The number of hydrogen-bond acceptors (Lipinski definition) is 5. The molecule has 0 bridgehead atoms. The summed E-state index contributed by atoms with van der Waals surface area (Å²) in [6, 6.07) is 1.43. The molecule has 0 fully saturated rings. The molecular weight excluding hydrogens is 273 g/mol. The molecule has 2 rings (SSSR count). The highest BCUT2D eigenvalue weighted by Gasteiger charge is 2.28. The topological polar surface area (TPSA) is 72.4 Å². The Morgan fingerprint density at radius 3 is 2.78 bits per heavy atom. The minimum Gasteiger partial charge on any atom is -0.422 e. The molecule has 2 aromatic heterocycles. The van der Waals surface area contributed by atoms with Crippen molar-refractivity contribution in [2.24, 2.45) is 0 Å². The van der Waals surface area contributed by atoms with Gasteiger partial charge in [-0.3, -0.25) is 0 Å². The number of alkyl halides is 3. The predicted octanol–water partition coefficient (Wildman–Crippen LogP) is 1.09. The van der Waals surface area contributed by atoms with Crippen molar-refractivity contribution in [3.05, 3.63) is 22.2 Å². The third kappa shape index (κ3) is 2.42. The van der Waals surface area contributed by atoms with Crippen molar-refractivity contribution in [2.45, 2.75) is 18.3 Å². The number of thioether (sulfide) groups is 1. The second-order valence-corrected chi connectivity index (χ2v) is 4.39. The van der Waals surface area contributed by atoms with Crippen LogP contribution in [0.2, 0.25) is 0 Å². The highest BCUT2D eigenvalue weighted by atomic mass is 32.2. The van der Waals surface area contributed by atoms with Gasteiger partial charge in [0.2, 0.25) is 5.16 Å². The molecule has 6 nitrogen and oxygen atoms in total. The van der Waals surface area contributed by atoms with Crippen LogP contribution in [-0.2, 0) is 0 Å². The SMILES string of the molecule is Cc1cc2nc(SCC(F)(F)F)n(O)c(=O)n2n1. The third-order valence-electron chi connectivity index (χ3n) is 1.93. The number of nitrogens with zero attached hydrogens (tertiary/aromatic N) is 4. The van der Waals surface area contributed by atoms with Crippen LogP contribution >= 0.6 is 11.8 Å². The summed E-state index contributed by atoms with van der Waals surface area (Å²) >= 11 is 0.228. The number of fused-ring (bicyclic) bond motifs is 1. The third-order valence-corrected chi connectivity index (χ3v) is 2.93. The van der Waals surface area contributed by atoms with E-state index in [4.69, 9.17) is 0 Å². The molecule has 0 amide bonds. The lowest BCUT2D eigenvalue weighted by Gasteiger charge is -2.07. The number of aromatic nitrogens is 4. The van der Waals surface area contributed by atoms with Gasteiger partial charge in [0.05, 0.1) is 11.4 Å². The predicted molar refractivity (Wildman–Crippen MR) is 55.9 cm³/mol. The number of halogens is 3. The fourth-order valence-electron chi connectivity index (χ4n) is 1.26. The van der Waals surface area contributed by atoms with E-state index in [9.17, 15) is 23.2 Å². The standard InChI is InChI=1S/C8H7F3N4O2S/c1-4-2-5-12-6(18-3-8(9,10)11)15(17)7(16)14(5)13-4/h2,17H,3H2,1H3. The summed E-state index contributed by atoms with van der Waals surface area (Å²) in [5.74, 6) is -1.25. The van der Waals surface area contributed by atoms with E-state index in [2.05, 4.69) is 10.1 Å². The van der Waals surface area contributed by atoms with Gasteiger partial charge in [0.15, 0.2) is 5.65 Å². The maximum absolute atomic E-state index is 12.1. The molecule has 0 unspecified atom stereocenters. The second-order valence-electron chi connectivity index (χ2n) is 3.45. The largest absolute Gasteiger partial charge is 0.422 e. The zero-order valence-electron chi connectivity index (χ0n) is 8.97. The highest BCUT2D eigenvalue weighted by Crippen LogP contribution is 2.25. The summed E-state index contributed by atoms with van der Waals surface area (Å²) in [5, 5.41) is 12.7. The maximum atomic E-state index is 12.1. The lowest BCUT2D eigenvalue weighted by molar-refractivity contribution is -0.105. The first-order valence-corrected chi connectivity index (χ1v) is 5.65. The fraction of sp³-hybridized carbons (Fsp3) is 0.375. The van der Waals surface area contributed by atoms with E-state index >= 15 is 0 Å². The van der Waals surface area contributed by atoms with E-state index < -0.39 is 22.8 Å². The lowest BCUT2D eigenvalue weighted by Crippen LogP contribution is -2.28. The van der Waals surface area contributed by atoms with Crippen LogP contribution in [0.25, 0.3) is 5.65 Å². The molecule has 0 aliphatic rings. The first-order valence-electron chi connectivity index (χ1n) is 4.66. The highest BCUT2D eigenvalue weighted by molar-refractivity contribution is 7.99. The number of hydrogen-bond donors (Lipinski definition) is 1. The van der Waals surface area contributed by atoms with Gasteiger partial charge in [-0.1, -0.05) is 11.8 Å². The minimum absolute atomic E-state index is 0.0514. The van der Waals surface area contributed by atoms with Gasteiger partial charge in [-0.05, 0) is 6.92 Å². The van der Waals surface area contributed by atoms with Crippen LogP contribution in [0.4, 0.5) is 13.2 Å². The minimum atomic E-state index is -4.41. The molecule has 0 aromatic carbocycles. The molecule has 0 saturated carbocycles. The van der Waals surface area contributed by atoms with E-state index in [0.717, 1.165) is 4.52 Å². The normalized spacial score (nSPS) is 12.2. The van der Waals surface area contributed by atoms with Gasteiger partial charge in [0, 0.05) is 6.07 Å². The molecule has 10 heteroatoms. The van der Waals surface area contributed by atoms with Crippen LogP contribution < -0.4 is 5.69 Å². The zero-order chi connectivity index (χ0) is 13.5. The fourth-order valence-corrected chi connectivity index (χ4v) is 1.91. The summed E-state index contributed by atoms with van der Waals surface area (Å²) in [7, 11) is 0. The van der Waals surface area contributed by atoms with Crippen LogP contribution in [0.15, 0.2) is 16.0 Å². The molecule has 1 N–H and O–H groups in total. The van der Waals surface area contributed by atoms with E-state index in [0.29, 0.717) is 5.69 Å². The Kier molecular flexibility index (Phi) is 2.97. The van der Waals surface area contributed by atoms with Crippen molar-refractivity contribution in [3.63, 3.8) is 0 Å². The Morgan fingerprint density at radius 1 is 1.50 bits per heavy atom. The molecular formula is C8H7F3N4O2S. The lowest BCUT2D eigenvalue weighted by atomic mass is 10.5. The van der Waals surface area contributed by atoms with E-state index in [1.54, 1.807) is 6.92 Å². The molecule has 98 valence electrons. The smallest absolute Gasteiger partial charge is 0.398 e. The van der Waals surface area contributed by atoms with Crippen molar-refractivity contribution in [1.82, 2.24) is 19.3 Å². The molecule has 18 heavy (non-hydrogen) atoms. The van der Waals surface area contributed by atoms with Gasteiger partial charge in [0.25, 0.3) is 0 Å². The average molecular weight is 280 g/mol. The van der Waals surface area contributed by atoms with Crippen LogP contribution in [-0.4, -0.2) is 36.5 Å². The summed E-state index contributed by atoms with van der Waals surface area (Å²) < 4.78 is 37.0. The van der Waals surface area contributed by atoms with Gasteiger partial charge >= 0.3 is 11.9 Å². The maximum Gasteiger partial charge on any atom is 0.398 e. The molecule has 0 saturated heterocycles. The molecule has 0 atom stereocenters.